The Kier molecular flexibility index (Phi) is 3.70. The molecule has 13 heavy (non-hydrogen) atoms. The molecule has 1 nitrogen and oxygen atoms in total. The zero-order valence-electron chi connectivity index (χ0n) is 9.21. The first-order chi connectivity index (χ1) is 5.99. The first-order valence-electron chi connectivity index (χ1n) is 5.33. The van der Waals surface area contributed by atoms with Gasteiger partial charge in [-0.3, -0.25) is 0 Å². The van der Waals surface area contributed by atoms with Gasteiger partial charge in [0.2, 0.25) is 0 Å². The molecule has 4 unspecified atom stereocenters. The van der Waals surface area contributed by atoms with Crippen LogP contribution in [0.5, 0.6) is 0 Å². The van der Waals surface area contributed by atoms with Gasteiger partial charge in [0, 0.05) is 11.0 Å². The molecule has 1 saturated heterocycles. The Labute approximate surface area is 86.3 Å². The normalized spacial score (nSPS) is 39.0. The summed E-state index contributed by atoms with van der Waals surface area (Å²) in [6.45, 7) is 8.87. The van der Waals surface area contributed by atoms with E-state index >= 15 is 0 Å². The van der Waals surface area contributed by atoms with Crippen LogP contribution in [0.25, 0.3) is 0 Å². The first kappa shape index (κ1) is 11.4. The van der Waals surface area contributed by atoms with Crippen LogP contribution in [0.4, 0.5) is 0 Å². The van der Waals surface area contributed by atoms with Crippen molar-refractivity contribution in [2.24, 2.45) is 11.8 Å². The molecule has 0 radical (unpaired) electrons. The highest BCUT2D eigenvalue weighted by atomic mass is 32.2. The highest BCUT2D eigenvalue weighted by Crippen LogP contribution is 2.41. The van der Waals surface area contributed by atoms with E-state index in [0.29, 0.717) is 17.1 Å². The Bertz CT molecular complexity index is 171. The number of rotatable bonds is 3. The van der Waals surface area contributed by atoms with Crippen LogP contribution in [0.2, 0.25) is 0 Å². The van der Waals surface area contributed by atoms with Crippen molar-refractivity contribution in [3.8, 4) is 0 Å². The number of thioether (sulfide) groups is 1. The van der Waals surface area contributed by atoms with Crippen LogP contribution >= 0.6 is 11.8 Å². The van der Waals surface area contributed by atoms with Gasteiger partial charge in [0.1, 0.15) is 0 Å². The molecule has 0 aromatic carbocycles. The third kappa shape index (κ3) is 2.41. The third-order valence-corrected chi connectivity index (χ3v) is 5.01. The lowest BCUT2D eigenvalue weighted by Crippen LogP contribution is -2.39. The van der Waals surface area contributed by atoms with Gasteiger partial charge < -0.3 is 5.11 Å². The maximum Gasteiger partial charge on any atom is 0.0776 e. The summed E-state index contributed by atoms with van der Waals surface area (Å²) < 4.78 is 0. The van der Waals surface area contributed by atoms with Crippen molar-refractivity contribution < 1.29 is 5.11 Å². The number of aliphatic hydroxyl groups is 1. The topological polar surface area (TPSA) is 20.2 Å². The van der Waals surface area contributed by atoms with E-state index in [1.54, 1.807) is 0 Å². The van der Waals surface area contributed by atoms with Gasteiger partial charge >= 0.3 is 0 Å². The Morgan fingerprint density at radius 2 is 2.15 bits per heavy atom. The smallest absolute Gasteiger partial charge is 0.0776 e. The van der Waals surface area contributed by atoms with Crippen LogP contribution in [-0.2, 0) is 0 Å². The van der Waals surface area contributed by atoms with Gasteiger partial charge in [-0.2, -0.15) is 11.8 Å². The van der Waals surface area contributed by atoms with Gasteiger partial charge in [-0.1, -0.05) is 34.1 Å². The van der Waals surface area contributed by atoms with Crippen molar-refractivity contribution in [2.75, 3.05) is 5.75 Å². The first-order valence-corrected chi connectivity index (χ1v) is 6.38. The molecule has 1 fully saturated rings. The minimum absolute atomic E-state index is 0.389. The Hall–Kier alpha value is 0.310. The van der Waals surface area contributed by atoms with Gasteiger partial charge in [0.05, 0.1) is 5.60 Å². The van der Waals surface area contributed by atoms with Crippen molar-refractivity contribution in [2.45, 2.75) is 51.4 Å². The molecule has 0 aliphatic carbocycles. The summed E-state index contributed by atoms with van der Waals surface area (Å²) >= 11 is 1.91. The van der Waals surface area contributed by atoms with Gasteiger partial charge in [-0.25, -0.2) is 0 Å². The van der Waals surface area contributed by atoms with Crippen LogP contribution in [0.3, 0.4) is 0 Å². The van der Waals surface area contributed by atoms with Crippen LogP contribution < -0.4 is 0 Å². The summed E-state index contributed by atoms with van der Waals surface area (Å²) in [6, 6.07) is 0. The number of hydrogen-bond acceptors (Lipinski definition) is 2. The lowest BCUT2D eigenvalue weighted by molar-refractivity contribution is -0.0122. The van der Waals surface area contributed by atoms with Crippen molar-refractivity contribution in [3.05, 3.63) is 0 Å². The van der Waals surface area contributed by atoms with Gasteiger partial charge in [-0.15, -0.1) is 0 Å². The molecule has 78 valence electrons. The van der Waals surface area contributed by atoms with E-state index in [1.807, 2.05) is 11.8 Å². The minimum atomic E-state index is -0.389. The molecule has 1 aliphatic heterocycles. The predicted molar refractivity (Wildman–Crippen MR) is 60.1 cm³/mol. The van der Waals surface area contributed by atoms with Crippen molar-refractivity contribution in [1.29, 1.82) is 0 Å². The molecule has 4 atom stereocenters. The quantitative estimate of drug-likeness (QED) is 0.759. The fraction of sp³-hybridized carbons (Fsp3) is 1.00. The fourth-order valence-electron chi connectivity index (χ4n) is 2.10. The largest absolute Gasteiger partial charge is 0.389 e. The average Bonchev–Trinajstić information content (AvgIpc) is 2.45. The molecule has 0 spiro atoms. The molecule has 2 heteroatoms. The van der Waals surface area contributed by atoms with E-state index < -0.39 is 0 Å². The Balaban J connectivity index is 2.59. The fourth-order valence-corrected chi connectivity index (χ4v) is 3.46. The van der Waals surface area contributed by atoms with E-state index in [1.165, 1.54) is 6.42 Å². The summed E-state index contributed by atoms with van der Waals surface area (Å²) in [5, 5.41) is 11.0. The maximum atomic E-state index is 10.4. The second kappa shape index (κ2) is 4.22. The van der Waals surface area contributed by atoms with Crippen LogP contribution in [0.15, 0.2) is 0 Å². The van der Waals surface area contributed by atoms with Gasteiger partial charge in [-0.05, 0) is 18.3 Å². The maximum absolute atomic E-state index is 10.4. The van der Waals surface area contributed by atoms with Crippen molar-refractivity contribution >= 4 is 11.8 Å². The van der Waals surface area contributed by atoms with Gasteiger partial charge in [0.25, 0.3) is 0 Å². The van der Waals surface area contributed by atoms with Crippen LogP contribution in [0, 0.1) is 11.8 Å². The lowest BCUT2D eigenvalue weighted by Gasteiger charge is -2.33. The second-order valence-electron chi connectivity index (χ2n) is 4.60. The molecule has 1 heterocycles. The molecule has 1 aliphatic rings. The molecule has 0 amide bonds. The standard InChI is InChI=1S/C11H22OS/c1-5-8(2)10(4)11(12)6-9(3)13-7-11/h8-10,12H,5-7H2,1-4H3. The molecular weight excluding hydrogens is 180 g/mol. The van der Waals surface area contributed by atoms with Crippen molar-refractivity contribution in [1.82, 2.24) is 0 Å². The molecule has 0 aromatic rings. The predicted octanol–water partition coefficient (Wildman–Crippen LogP) is 2.93. The van der Waals surface area contributed by atoms with E-state index in [9.17, 15) is 5.11 Å². The van der Waals surface area contributed by atoms with Gasteiger partial charge in [0.15, 0.2) is 0 Å². The highest BCUT2D eigenvalue weighted by Gasteiger charge is 2.42. The van der Waals surface area contributed by atoms with E-state index in [4.69, 9.17) is 0 Å². The second-order valence-corrected chi connectivity index (χ2v) is 6.03. The van der Waals surface area contributed by atoms with E-state index in [2.05, 4.69) is 27.7 Å². The Morgan fingerprint density at radius 3 is 2.54 bits per heavy atom. The summed E-state index contributed by atoms with van der Waals surface area (Å²) in [5.41, 5.74) is -0.389. The summed E-state index contributed by atoms with van der Waals surface area (Å²) in [5.74, 6) is 2.01. The molecule has 0 aromatic heterocycles. The zero-order chi connectivity index (χ0) is 10.1. The zero-order valence-corrected chi connectivity index (χ0v) is 10.0. The van der Waals surface area contributed by atoms with E-state index in [-0.39, 0.29) is 5.60 Å². The summed E-state index contributed by atoms with van der Waals surface area (Å²) in [7, 11) is 0. The summed E-state index contributed by atoms with van der Waals surface area (Å²) in [6.07, 6.45) is 2.14. The molecule has 0 saturated carbocycles. The third-order valence-electron chi connectivity index (χ3n) is 3.60. The molecule has 0 bridgehead atoms. The lowest BCUT2D eigenvalue weighted by atomic mass is 9.78. The highest BCUT2D eigenvalue weighted by molar-refractivity contribution is 8.00. The van der Waals surface area contributed by atoms with Crippen LogP contribution in [-0.4, -0.2) is 21.7 Å². The monoisotopic (exact) mass is 202 g/mol. The minimum Gasteiger partial charge on any atom is -0.389 e. The SMILES string of the molecule is CCC(C)C(C)C1(O)CSC(C)C1. The molecular formula is C11H22OS. The van der Waals surface area contributed by atoms with E-state index in [0.717, 1.165) is 12.2 Å². The van der Waals surface area contributed by atoms with Crippen LogP contribution in [0.1, 0.15) is 40.5 Å². The van der Waals surface area contributed by atoms with Crippen molar-refractivity contribution in [3.63, 3.8) is 0 Å². The molecule has 1 N–H and O–H groups in total. The average molecular weight is 202 g/mol. The Morgan fingerprint density at radius 1 is 1.54 bits per heavy atom. The molecule has 1 rings (SSSR count). The summed E-state index contributed by atoms with van der Waals surface area (Å²) in [4.78, 5) is 0. The number of hydrogen-bond donors (Lipinski definition) is 1.